The van der Waals surface area contributed by atoms with Gasteiger partial charge in [-0.05, 0) is 45.2 Å². The second-order valence-corrected chi connectivity index (χ2v) is 5.53. The van der Waals surface area contributed by atoms with Crippen LogP contribution in [0.1, 0.15) is 31.3 Å². The molecular weight excluding hydrogens is 224 g/mol. The lowest BCUT2D eigenvalue weighted by molar-refractivity contribution is 0.0973. The molecule has 18 heavy (non-hydrogen) atoms. The monoisotopic (exact) mass is 246 g/mol. The Labute approximate surface area is 109 Å². The summed E-state index contributed by atoms with van der Waals surface area (Å²) < 4.78 is 0. The lowest BCUT2D eigenvalue weighted by Crippen LogP contribution is -2.53. The Balaban J connectivity index is 1.74. The first kappa shape index (κ1) is 11.9. The van der Waals surface area contributed by atoms with Gasteiger partial charge in [-0.25, -0.2) is 9.97 Å². The van der Waals surface area contributed by atoms with Crippen molar-refractivity contribution in [3.05, 3.63) is 17.6 Å². The number of nitrogens with one attached hydrogen (secondary N) is 1. The topological polar surface area (TPSA) is 41.0 Å². The summed E-state index contributed by atoms with van der Waals surface area (Å²) in [6.07, 6.45) is 3.64. The van der Waals surface area contributed by atoms with Gasteiger partial charge in [0.1, 0.15) is 11.6 Å². The summed E-state index contributed by atoms with van der Waals surface area (Å²) in [6, 6.07) is 2.68. The summed E-state index contributed by atoms with van der Waals surface area (Å²) >= 11 is 0. The molecule has 98 valence electrons. The Hall–Kier alpha value is -1.16. The molecule has 4 rings (SSSR count). The van der Waals surface area contributed by atoms with Gasteiger partial charge in [-0.15, -0.1) is 0 Å². The van der Waals surface area contributed by atoms with Gasteiger partial charge in [0.25, 0.3) is 0 Å². The number of nitrogens with zero attached hydrogens (tertiary/aromatic N) is 3. The molecule has 0 saturated carbocycles. The minimum atomic E-state index is 0.575. The maximum absolute atomic E-state index is 4.52. The Morgan fingerprint density at radius 1 is 1.33 bits per heavy atom. The van der Waals surface area contributed by atoms with Crippen LogP contribution in [0.2, 0.25) is 0 Å². The summed E-state index contributed by atoms with van der Waals surface area (Å²) in [5.41, 5.74) is 1.13. The van der Waals surface area contributed by atoms with Crippen molar-refractivity contribution in [3.8, 4) is 0 Å². The molecule has 0 aliphatic carbocycles. The average molecular weight is 246 g/mol. The zero-order chi connectivity index (χ0) is 12.5. The first-order valence-electron chi connectivity index (χ1n) is 7.08. The van der Waals surface area contributed by atoms with E-state index < -0.39 is 0 Å². The highest BCUT2D eigenvalue weighted by molar-refractivity contribution is 5.38. The highest BCUT2D eigenvalue weighted by atomic mass is 15.2. The molecule has 0 aromatic carbocycles. The van der Waals surface area contributed by atoms with E-state index in [2.05, 4.69) is 33.2 Å². The van der Waals surface area contributed by atoms with E-state index in [0.29, 0.717) is 6.04 Å². The second kappa shape index (κ2) is 4.84. The highest BCUT2D eigenvalue weighted by Gasteiger charge is 2.34. The van der Waals surface area contributed by atoms with Crippen LogP contribution >= 0.6 is 0 Å². The van der Waals surface area contributed by atoms with Crippen molar-refractivity contribution in [3.63, 3.8) is 0 Å². The molecule has 0 radical (unpaired) electrons. The van der Waals surface area contributed by atoms with Gasteiger partial charge in [0.05, 0.1) is 0 Å². The zero-order valence-corrected chi connectivity index (χ0v) is 11.3. The fourth-order valence-corrected chi connectivity index (χ4v) is 3.20. The van der Waals surface area contributed by atoms with Crippen LogP contribution in [-0.2, 0) is 6.42 Å². The van der Waals surface area contributed by atoms with Gasteiger partial charge < -0.3 is 10.2 Å². The molecular formula is C14H22N4. The van der Waals surface area contributed by atoms with Crippen molar-refractivity contribution < 1.29 is 0 Å². The predicted octanol–water partition coefficient (Wildman–Crippen LogP) is 1.85. The number of hydrogen-bond donors (Lipinski definition) is 1. The third-order valence-corrected chi connectivity index (χ3v) is 4.24. The molecule has 1 aromatic heterocycles. The minimum absolute atomic E-state index is 0.575. The van der Waals surface area contributed by atoms with E-state index in [1.54, 1.807) is 0 Å². The number of piperidine rings is 3. The summed E-state index contributed by atoms with van der Waals surface area (Å²) in [5.74, 6) is 2.71. The molecule has 0 amide bonds. The molecule has 1 aromatic rings. The van der Waals surface area contributed by atoms with Crippen LogP contribution < -0.4 is 5.32 Å². The molecule has 4 nitrogen and oxygen atoms in total. The van der Waals surface area contributed by atoms with Crippen LogP contribution in [0, 0.1) is 12.8 Å². The van der Waals surface area contributed by atoms with E-state index in [1.807, 2.05) is 6.92 Å². The molecule has 3 saturated heterocycles. The van der Waals surface area contributed by atoms with Crippen LogP contribution in [0.25, 0.3) is 0 Å². The largest absolute Gasteiger partial charge is 0.366 e. The number of aromatic nitrogens is 2. The molecule has 3 aliphatic rings. The van der Waals surface area contributed by atoms with E-state index in [4.69, 9.17) is 0 Å². The fraction of sp³-hybridized carbons (Fsp3) is 0.714. The zero-order valence-electron chi connectivity index (χ0n) is 11.3. The van der Waals surface area contributed by atoms with Crippen molar-refractivity contribution in [2.45, 2.75) is 39.2 Å². The van der Waals surface area contributed by atoms with Gasteiger partial charge in [-0.3, -0.25) is 0 Å². The smallest absolute Gasteiger partial charge is 0.130 e. The quantitative estimate of drug-likeness (QED) is 0.884. The minimum Gasteiger partial charge on any atom is -0.366 e. The maximum Gasteiger partial charge on any atom is 0.130 e. The summed E-state index contributed by atoms with van der Waals surface area (Å²) in [7, 11) is 0. The van der Waals surface area contributed by atoms with E-state index in [0.717, 1.165) is 29.7 Å². The van der Waals surface area contributed by atoms with Crippen LogP contribution in [0.5, 0.6) is 0 Å². The molecule has 4 heterocycles. The van der Waals surface area contributed by atoms with Crippen molar-refractivity contribution in [1.29, 1.82) is 0 Å². The lowest BCUT2D eigenvalue weighted by atomic mass is 9.84. The number of aryl methyl sites for hydroxylation is 2. The number of rotatable bonds is 3. The average Bonchev–Trinajstić information content (AvgIpc) is 2.39. The van der Waals surface area contributed by atoms with Gasteiger partial charge in [0.15, 0.2) is 0 Å². The molecule has 3 fully saturated rings. The number of fused-ring (bicyclic) bond motifs is 3. The molecule has 4 heteroatoms. The van der Waals surface area contributed by atoms with Crippen LogP contribution in [-0.4, -0.2) is 40.5 Å². The van der Waals surface area contributed by atoms with Crippen LogP contribution in [0.15, 0.2) is 6.07 Å². The Morgan fingerprint density at radius 2 is 2.11 bits per heavy atom. The van der Waals surface area contributed by atoms with Gasteiger partial charge in [-0.2, -0.15) is 0 Å². The third kappa shape index (κ3) is 2.34. The molecule has 1 N–H and O–H groups in total. The van der Waals surface area contributed by atoms with Gasteiger partial charge >= 0.3 is 0 Å². The number of hydrogen-bond acceptors (Lipinski definition) is 4. The molecule has 2 bridgehead atoms. The van der Waals surface area contributed by atoms with Gasteiger partial charge in [0, 0.05) is 24.3 Å². The summed E-state index contributed by atoms with van der Waals surface area (Å²) in [6.45, 7) is 7.85. The normalized spacial score (nSPS) is 30.4. The number of anilines is 1. The van der Waals surface area contributed by atoms with Gasteiger partial charge in [-0.1, -0.05) is 6.92 Å². The van der Waals surface area contributed by atoms with E-state index in [9.17, 15) is 0 Å². The Kier molecular flexibility index (Phi) is 3.20. The fourth-order valence-electron chi connectivity index (χ4n) is 3.20. The van der Waals surface area contributed by atoms with Crippen LogP contribution in [0.3, 0.4) is 0 Å². The van der Waals surface area contributed by atoms with Crippen molar-refractivity contribution >= 4 is 5.82 Å². The van der Waals surface area contributed by atoms with E-state index in [1.165, 1.54) is 32.5 Å². The van der Waals surface area contributed by atoms with Gasteiger partial charge in [0.2, 0.25) is 0 Å². The third-order valence-electron chi connectivity index (χ3n) is 4.24. The van der Waals surface area contributed by atoms with E-state index in [-0.39, 0.29) is 0 Å². The molecule has 1 unspecified atom stereocenters. The highest BCUT2D eigenvalue weighted by Crippen LogP contribution is 2.29. The Bertz CT molecular complexity index is 424. The van der Waals surface area contributed by atoms with Crippen molar-refractivity contribution in [2.75, 3.05) is 25.0 Å². The predicted molar refractivity (Wildman–Crippen MR) is 72.7 cm³/mol. The summed E-state index contributed by atoms with van der Waals surface area (Å²) in [5, 5.41) is 3.64. The molecule has 3 aliphatic heterocycles. The first-order valence-corrected chi connectivity index (χ1v) is 7.08. The van der Waals surface area contributed by atoms with Crippen molar-refractivity contribution in [1.82, 2.24) is 14.9 Å². The second-order valence-electron chi connectivity index (χ2n) is 5.53. The summed E-state index contributed by atoms with van der Waals surface area (Å²) in [4.78, 5) is 11.5. The molecule has 0 spiro atoms. The van der Waals surface area contributed by atoms with E-state index >= 15 is 0 Å². The lowest BCUT2D eigenvalue weighted by Gasteiger charge is -2.45. The standard InChI is InChI=1S/C14H22N4/c1-3-12-8-14(16-10(2)15-12)17-13-9-18-6-4-11(13)5-7-18/h8,11,13H,3-7,9H2,1-2H3,(H,15,16,17). The van der Waals surface area contributed by atoms with Crippen LogP contribution in [0.4, 0.5) is 5.82 Å². The maximum atomic E-state index is 4.52. The first-order chi connectivity index (χ1) is 8.74. The van der Waals surface area contributed by atoms with Crippen molar-refractivity contribution in [2.24, 2.45) is 5.92 Å². The molecule has 1 atom stereocenters. The Morgan fingerprint density at radius 3 is 2.72 bits per heavy atom. The SMILES string of the molecule is CCc1cc(NC2CN3CCC2CC3)nc(C)n1.